The highest BCUT2D eigenvalue weighted by Crippen LogP contribution is 2.19. The fraction of sp³-hybridized carbons (Fsp3) is 0.300. The van der Waals surface area contributed by atoms with Crippen molar-refractivity contribution in [2.75, 3.05) is 0 Å². The fourth-order valence-electron chi connectivity index (χ4n) is 1.37. The Balaban J connectivity index is 2.23. The molecule has 0 radical (unpaired) electrons. The van der Waals surface area contributed by atoms with Gasteiger partial charge in [-0.2, -0.15) is 0 Å². The van der Waals surface area contributed by atoms with Gasteiger partial charge in [0.15, 0.2) is 0 Å². The van der Waals surface area contributed by atoms with Crippen molar-refractivity contribution in [3.63, 3.8) is 0 Å². The number of hydrogen-bond donors (Lipinski definition) is 3. The second kappa shape index (κ2) is 4.23. The average molecular weight is 223 g/mol. The molecular formula is C10H11BFNO3. The highest BCUT2D eigenvalue weighted by Gasteiger charge is 2.25. The summed E-state index contributed by atoms with van der Waals surface area (Å²) in [6.45, 7) is 0. The molecule has 4 nitrogen and oxygen atoms in total. The molecule has 6 heteroatoms. The smallest absolute Gasteiger partial charge is 0.423 e. The highest BCUT2D eigenvalue weighted by molar-refractivity contribution is 6.58. The Hall–Kier alpha value is -1.40. The van der Waals surface area contributed by atoms with Gasteiger partial charge in [0.05, 0.1) is 5.56 Å². The predicted octanol–water partition coefficient (Wildman–Crippen LogP) is -0.602. The van der Waals surface area contributed by atoms with E-state index >= 15 is 0 Å². The lowest BCUT2D eigenvalue weighted by atomic mass is 9.79. The zero-order valence-electron chi connectivity index (χ0n) is 8.48. The number of amides is 1. The van der Waals surface area contributed by atoms with Crippen molar-refractivity contribution in [3.05, 3.63) is 29.6 Å². The molecule has 0 saturated heterocycles. The lowest BCUT2D eigenvalue weighted by molar-refractivity contribution is 0.0947. The maximum atomic E-state index is 13.3. The molecule has 0 heterocycles. The molecule has 0 bridgehead atoms. The summed E-state index contributed by atoms with van der Waals surface area (Å²) >= 11 is 0. The van der Waals surface area contributed by atoms with E-state index in [1.54, 1.807) is 0 Å². The van der Waals surface area contributed by atoms with Crippen LogP contribution in [0.3, 0.4) is 0 Å². The fourth-order valence-corrected chi connectivity index (χ4v) is 1.37. The van der Waals surface area contributed by atoms with Crippen LogP contribution in [0.5, 0.6) is 0 Å². The molecule has 1 saturated carbocycles. The number of carbonyl (C=O) groups is 1. The molecule has 0 atom stereocenters. The number of hydrogen-bond acceptors (Lipinski definition) is 3. The van der Waals surface area contributed by atoms with E-state index in [4.69, 9.17) is 10.0 Å². The van der Waals surface area contributed by atoms with Crippen LogP contribution >= 0.6 is 0 Å². The summed E-state index contributed by atoms with van der Waals surface area (Å²) in [7, 11) is -1.70. The molecule has 3 N–H and O–H groups in total. The quantitative estimate of drug-likeness (QED) is 0.599. The molecule has 0 unspecified atom stereocenters. The Morgan fingerprint density at radius 2 is 2.12 bits per heavy atom. The van der Waals surface area contributed by atoms with E-state index in [-0.39, 0.29) is 17.1 Å². The Bertz CT molecular complexity index is 421. The first kappa shape index (κ1) is 11.1. The summed E-state index contributed by atoms with van der Waals surface area (Å²) in [5, 5.41) is 20.5. The lowest BCUT2D eigenvalue weighted by Gasteiger charge is -2.06. The molecule has 1 aromatic rings. The van der Waals surface area contributed by atoms with E-state index in [1.165, 1.54) is 6.07 Å². The topological polar surface area (TPSA) is 69.6 Å². The van der Waals surface area contributed by atoms with Gasteiger partial charge in [-0.15, -0.1) is 0 Å². The van der Waals surface area contributed by atoms with Crippen LogP contribution in [0.1, 0.15) is 23.2 Å². The van der Waals surface area contributed by atoms with Crippen molar-refractivity contribution in [2.45, 2.75) is 18.9 Å². The van der Waals surface area contributed by atoms with E-state index in [2.05, 4.69) is 5.32 Å². The second-order valence-corrected chi connectivity index (χ2v) is 3.86. The van der Waals surface area contributed by atoms with Gasteiger partial charge >= 0.3 is 7.12 Å². The first-order chi connectivity index (χ1) is 7.58. The first-order valence-corrected chi connectivity index (χ1v) is 5.04. The van der Waals surface area contributed by atoms with Crippen LogP contribution in [0.2, 0.25) is 0 Å². The van der Waals surface area contributed by atoms with Crippen molar-refractivity contribution in [2.24, 2.45) is 0 Å². The minimum atomic E-state index is -1.70. The minimum absolute atomic E-state index is 0.0994. The van der Waals surface area contributed by atoms with E-state index in [9.17, 15) is 9.18 Å². The van der Waals surface area contributed by atoms with Gasteiger partial charge in [0, 0.05) is 6.04 Å². The minimum Gasteiger partial charge on any atom is -0.423 e. The maximum absolute atomic E-state index is 13.3. The summed E-state index contributed by atoms with van der Waals surface area (Å²) in [5.74, 6) is -1.18. The third-order valence-electron chi connectivity index (χ3n) is 2.45. The normalized spacial score (nSPS) is 14.7. The summed E-state index contributed by atoms with van der Waals surface area (Å²) < 4.78 is 13.3. The van der Waals surface area contributed by atoms with Crippen LogP contribution in [0.4, 0.5) is 4.39 Å². The van der Waals surface area contributed by atoms with Gasteiger partial charge in [0.2, 0.25) is 0 Å². The molecule has 0 spiro atoms. The van der Waals surface area contributed by atoms with E-state index in [0.717, 1.165) is 25.0 Å². The zero-order valence-corrected chi connectivity index (χ0v) is 8.48. The predicted molar refractivity (Wildman–Crippen MR) is 56.7 cm³/mol. The summed E-state index contributed by atoms with van der Waals surface area (Å²) in [5.41, 5.74) is -0.0557. The molecule has 0 aromatic heterocycles. The number of halogens is 1. The van der Waals surface area contributed by atoms with Crippen molar-refractivity contribution >= 4 is 18.5 Å². The first-order valence-electron chi connectivity index (χ1n) is 5.04. The van der Waals surface area contributed by atoms with Gasteiger partial charge in [0.25, 0.3) is 5.91 Å². The van der Waals surface area contributed by atoms with Gasteiger partial charge < -0.3 is 15.4 Å². The van der Waals surface area contributed by atoms with Crippen molar-refractivity contribution < 1.29 is 19.2 Å². The monoisotopic (exact) mass is 223 g/mol. The van der Waals surface area contributed by atoms with Crippen LogP contribution in [-0.2, 0) is 0 Å². The maximum Gasteiger partial charge on any atom is 0.488 e. The summed E-state index contributed by atoms with van der Waals surface area (Å²) in [4.78, 5) is 11.6. The number of carbonyl (C=O) groups excluding carboxylic acids is 1. The third kappa shape index (κ3) is 2.40. The van der Waals surface area contributed by atoms with Gasteiger partial charge in [0.1, 0.15) is 5.82 Å². The molecule has 84 valence electrons. The van der Waals surface area contributed by atoms with Crippen molar-refractivity contribution in [3.8, 4) is 0 Å². The lowest BCUT2D eigenvalue weighted by Crippen LogP contribution is -2.33. The number of rotatable bonds is 3. The van der Waals surface area contributed by atoms with E-state index < -0.39 is 18.8 Å². The Kier molecular flexibility index (Phi) is 2.94. The summed E-state index contributed by atoms with van der Waals surface area (Å²) in [6.07, 6.45) is 1.82. The molecule has 2 rings (SSSR count). The molecule has 1 aromatic carbocycles. The number of nitrogens with one attached hydrogen (secondary N) is 1. The molecule has 16 heavy (non-hydrogen) atoms. The number of benzene rings is 1. The largest absolute Gasteiger partial charge is 0.488 e. The van der Waals surface area contributed by atoms with Gasteiger partial charge in [-0.1, -0.05) is 6.07 Å². The van der Waals surface area contributed by atoms with Crippen LogP contribution in [0, 0.1) is 5.82 Å². The van der Waals surface area contributed by atoms with Gasteiger partial charge in [-0.05, 0) is 30.4 Å². The summed E-state index contributed by atoms with van der Waals surface area (Å²) in [6, 6.07) is 3.57. The van der Waals surface area contributed by atoms with Crippen molar-refractivity contribution in [1.29, 1.82) is 0 Å². The standard InChI is InChI=1S/C10H11BFNO3/c12-9-4-1-6(11(15)16)5-8(9)10(14)13-7-2-3-7/h1,4-5,7,15-16H,2-3H2,(H,13,14). The Morgan fingerprint density at radius 1 is 1.44 bits per heavy atom. The molecule has 0 aliphatic heterocycles. The highest BCUT2D eigenvalue weighted by atomic mass is 19.1. The molecule has 1 aliphatic carbocycles. The van der Waals surface area contributed by atoms with Crippen LogP contribution in [0.25, 0.3) is 0 Å². The van der Waals surface area contributed by atoms with E-state index in [0.29, 0.717) is 0 Å². The van der Waals surface area contributed by atoms with Crippen LogP contribution < -0.4 is 10.8 Å². The second-order valence-electron chi connectivity index (χ2n) is 3.86. The van der Waals surface area contributed by atoms with Gasteiger partial charge in [-0.3, -0.25) is 4.79 Å². The molecule has 1 amide bonds. The molecule has 1 aliphatic rings. The van der Waals surface area contributed by atoms with E-state index in [1.807, 2.05) is 0 Å². The van der Waals surface area contributed by atoms with Gasteiger partial charge in [-0.25, -0.2) is 4.39 Å². The zero-order chi connectivity index (χ0) is 11.7. The van der Waals surface area contributed by atoms with Crippen LogP contribution in [-0.4, -0.2) is 29.1 Å². The average Bonchev–Trinajstić information content (AvgIpc) is 3.01. The Morgan fingerprint density at radius 3 is 2.69 bits per heavy atom. The molecule has 1 fully saturated rings. The SMILES string of the molecule is O=C(NC1CC1)c1cc(B(O)O)ccc1F. The van der Waals surface area contributed by atoms with Crippen molar-refractivity contribution in [1.82, 2.24) is 5.32 Å². The Labute approximate surface area is 92.2 Å². The third-order valence-corrected chi connectivity index (χ3v) is 2.45. The van der Waals surface area contributed by atoms with Crippen LogP contribution in [0.15, 0.2) is 18.2 Å². The molecular weight excluding hydrogens is 212 g/mol.